The molecular weight excluding hydrogens is 469 g/mol. The summed E-state index contributed by atoms with van der Waals surface area (Å²) in [4.78, 5) is 21.8. The standard InChI is InChI=1S/C24H26ClF3N4O2/c1-6-32(5)8-7-20(33)24-22(28)23(14(2)11-30-24)31-15(3)9-21(16(4)25)34-13-19-18(27)10-17(26)12-29-19/h7-12H,6,13H2,1-5H3,(H,30,31)/b8-7+,15-9-,21-16-. The molecule has 0 bridgehead atoms. The van der Waals surface area contributed by atoms with Crippen LogP contribution in [0.1, 0.15) is 42.5 Å². The number of ketones is 1. The first-order valence-corrected chi connectivity index (χ1v) is 10.7. The Balaban J connectivity index is 2.24. The number of carbonyl (C=O) groups is 1. The molecule has 0 aromatic carbocycles. The number of nitrogens with one attached hydrogen (secondary N) is 1. The molecule has 34 heavy (non-hydrogen) atoms. The maximum absolute atomic E-state index is 15.1. The third-order valence-electron chi connectivity index (χ3n) is 4.68. The first-order chi connectivity index (χ1) is 16.0. The van der Waals surface area contributed by atoms with E-state index >= 15 is 4.39 Å². The number of rotatable bonds is 10. The Bertz CT molecular complexity index is 1150. The molecule has 0 aliphatic rings. The second-order valence-electron chi connectivity index (χ2n) is 7.45. The molecule has 2 aromatic rings. The second kappa shape index (κ2) is 12.2. The maximum Gasteiger partial charge on any atom is 0.208 e. The molecule has 0 saturated carbocycles. The van der Waals surface area contributed by atoms with Crippen LogP contribution in [-0.4, -0.2) is 34.2 Å². The average molecular weight is 495 g/mol. The molecular formula is C24H26ClF3N4O2. The summed E-state index contributed by atoms with van der Waals surface area (Å²) in [6.45, 7) is 7.14. The number of carbonyl (C=O) groups excluding carboxylic acids is 1. The van der Waals surface area contributed by atoms with Crippen molar-refractivity contribution in [3.63, 3.8) is 0 Å². The van der Waals surface area contributed by atoms with Crippen molar-refractivity contribution in [2.45, 2.75) is 34.3 Å². The van der Waals surface area contributed by atoms with Gasteiger partial charge in [-0.2, -0.15) is 0 Å². The fourth-order valence-corrected chi connectivity index (χ4v) is 2.75. The fourth-order valence-electron chi connectivity index (χ4n) is 2.64. The number of hydrogen-bond donors (Lipinski definition) is 1. The number of anilines is 1. The van der Waals surface area contributed by atoms with Crippen LogP contribution in [0.25, 0.3) is 0 Å². The molecule has 1 N–H and O–H groups in total. The molecule has 2 rings (SSSR count). The molecule has 0 unspecified atom stereocenters. The van der Waals surface area contributed by atoms with Crippen molar-refractivity contribution in [2.75, 3.05) is 18.9 Å². The molecule has 182 valence electrons. The number of allylic oxidation sites excluding steroid dienone is 4. The van der Waals surface area contributed by atoms with Crippen molar-refractivity contribution in [1.29, 1.82) is 0 Å². The van der Waals surface area contributed by atoms with Gasteiger partial charge in [0.25, 0.3) is 0 Å². The molecule has 0 radical (unpaired) electrons. The summed E-state index contributed by atoms with van der Waals surface area (Å²) in [6, 6.07) is 0.703. The minimum absolute atomic E-state index is 0.0715. The fraction of sp³-hybridized carbons (Fsp3) is 0.292. The van der Waals surface area contributed by atoms with Crippen LogP contribution in [0.4, 0.5) is 18.9 Å². The molecule has 0 aliphatic heterocycles. The Morgan fingerprint density at radius 2 is 1.94 bits per heavy atom. The maximum atomic E-state index is 15.1. The molecule has 6 nitrogen and oxygen atoms in total. The quantitative estimate of drug-likeness (QED) is 0.193. The largest absolute Gasteiger partial charge is 0.486 e. The molecule has 10 heteroatoms. The van der Waals surface area contributed by atoms with E-state index in [1.54, 1.807) is 38.9 Å². The monoisotopic (exact) mass is 494 g/mol. The number of nitrogens with zero attached hydrogens (tertiary/aromatic N) is 3. The highest BCUT2D eigenvalue weighted by Crippen LogP contribution is 2.24. The highest BCUT2D eigenvalue weighted by atomic mass is 35.5. The Hall–Kier alpha value is -3.33. The minimum atomic E-state index is -0.851. The first kappa shape index (κ1) is 26.9. The lowest BCUT2D eigenvalue weighted by Crippen LogP contribution is -2.12. The summed E-state index contributed by atoms with van der Waals surface area (Å²) >= 11 is 6.09. The molecule has 0 saturated heterocycles. The highest BCUT2D eigenvalue weighted by Gasteiger charge is 2.18. The van der Waals surface area contributed by atoms with Crippen LogP contribution < -0.4 is 5.32 Å². The van der Waals surface area contributed by atoms with E-state index in [9.17, 15) is 13.6 Å². The van der Waals surface area contributed by atoms with Gasteiger partial charge >= 0.3 is 0 Å². The molecule has 0 atom stereocenters. The van der Waals surface area contributed by atoms with E-state index in [2.05, 4.69) is 15.3 Å². The van der Waals surface area contributed by atoms with Gasteiger partial charge in [0.1, 0.15) is 29.6 Å². The van der Waals surface area contributed by atoms with Gasteiger partial charge in [-0.15, -0.1) is 0 Å². The van der Waals surface area contributed by atoms with Crippen molar-refractivity contribution in [2.24, 2.45) is 0 Å². The van der Waals surface area contributed by atoms with Crippen molar-refractivity contribution < 1.29 is 22.7 Å². The number of aromatic nitrogens is 2. The lowest BCUT2D eigenvalue weighted by atomic mass is 10.1. The SMILES string of the molecule is CCN(C)/C=C/C(=O)c1ncc(C)c(N/C(C)=C\C(OCc2ncc(F)cc2F)=C(/C)Cl)c1F. The molecule has 0 aliphatic carbocycles. The van der Waals surface area contributed by atoms with E-state index in [-0.39, 0.29) is 34.5 Å². The summed E-state index contributed by atoms with van der Waals surface area (Å²) in [5, 5.41) is 3.15. The van der Waals surface area contributed by atoms with Crippen LogP contribution in [0.15, 0.2) is 53.3 Å². The Kier molecular flexibility index (Phi) is 9.68. The van der Waals surface area contributed by atoms with Crippen LogP contribution in [0.2, 0.25) is 0 Å². The van der Waals surface area contributed by atoms with E-state index in [1.165, 1.54) is 18.3 Å². The Labute approximate surface area is 201 Å². The molecule has 2 aromatic heterocycles. The van der Waals surface area contributed by atoms with Crippen molar-refractivity contribution in [1.82, 2.24) is 14.9 Å². The van der Waals surface area contributed by atoms with E-state index < -0.39 is 23.2 Å². The third kappa shape index (κ3) is 7.34. The summed E-state index contributed by atoms with van der Waals surface area (Å²) in [6.07, 6.45) is 6.57. The van der Waals surface area contributed by atoms with Gasteiger partial charge in [-0.05, 0) is 33.3 Å². The number of hydrogen-bond acceptors (Lipinski definition) is 6. The van der Waals surface area contributed by atoms with Gasteiger partial charge in [0.2, 0.25) is 5.78 Å². The topological polar surface area (TPSA) is 67.4 Å². The predicted molar refractivity (Wildman–Crippen MR) is 126 cm³/mol. The zero-order chi connectivity index (χ0) is 25.4. The van der Waals surface area contributed by atoms with E-state index in [1.807, 2.05) is 6.92 Å². The van der Waals surface area contributed by atoms with Crippen LogP contribution in [-0.2, 0) is 11.3 Å². The van der Waals surface area contributed by atoms with Crippen LogP contribution in [0.5, 0.6) is 0 Å². The first-order valence-electron chi connectivity index (χ1n) is 10.4. The normalized spacial score (nSPS) is 12.6. The van der Waals surface area contributed by atoms with Crippen LogP contribution >= 0.6 is 11.6 Å². The molecule has 0 spiro atoms. The molecule has 2 heterocycles. The Morgan fingerprint density at radius 3 is 2.56 bits per heavy atom. The van der Waals surface area contributed by atoms with Gasteiger partial charge in [0.15, 0.2) is 11.6 Å². The van der Waals surface area contributed by atoms with Crippen molar-refractivity contribution in [3.8, 4) is 0 Å². The van der Waals surface area contributed by atoms with Gasteiger partial charge < -0.3 is 15.0 Å². The summed E-state index contributed by atoms with van der Waals surface area (Å²) in [5.74, 6) is -2.85. The third-order valence-corrected chi connectivity index (χ3v) is 4.87. The second-order valence-corrected chi connectivity index (χ2v) is 8.02. The zero-order valence-electron chi connectivity index (χ0n) is 19.5. The van der Waals surface area contributed by atoms with E-state index in [4.69, 9.17) is 16.3 Å². The zero-order valence-corrected chi connectivity index (χ0v) is 20.3. The predicted octanol–water partition coefficient (Wildman–Crippen LogP) is 5.85. The average Bonchev–Trinajstić information content (AvgIpc) is 2.78. The van der Waals surface area contributed by atoms with Gasteiger partial charge in [0.05, 0.1) is 16.9 Å². The van der Waals surface area contributed by atoms with Crippen LogP contribution in [0, 0.1) is 24.4 Å². The number of halogens is 4. The number of pyridine rings is 2. The van der Waals surface area contributed by atoms with E-state index in [0.717, 1.165) is 6.20 Å². The lowest BCUT2D eigenvalue weighted by Gasteiger charge is -2.14. The van der Waals surface area contributed by atoms with Gasteiger partial charge in [-0.25, -0.2) is 18.2 Å². The van der Waals surface area contributed by atoms with Crippen LogP contribution in [0.3, 0.4) is 0 Å². The highest BCUT2D eigenvalue weighted by molar-refractivity contribution is 6.29. The van der Waals surface area contributed by atoms with Gasteiger partial charge in [-0.3, -0.25) is 9.78 Å². The van der Waals surface area contributed by atoms with Crippen molar-refractivity contribution in [3.05, 3.63) is 87.7 Å². The van der Waals surface area contributed by atoms with Crippen molar-refractivity contribution >= 4 is 23.1 Å². The smallest absolute Gasteiger partial charge is 0.208 e. The number of ether oxygens (including phenoxy) is 1. The molecule has 0 amide bonds. The van der Waals surface area contributed by atoms with Gasteiger partial charge in [-0.1, -0.05) is 11.6 Å². The molecule has 0 fully saturated rings. The Morgan fingerprint density at radius 1 is 1.24 bits per heavy atom. The summed E-state index contributed by atoms with van der Waals surface area (Å²) in [7, 11) is 1.79. The number of aryl methyl sites for hydroxylation is 1. The summed E-state index contributed by atoms with van der Waals surface area (Å²) in [5.41, 5.74) is 0.553. The lowest BCUT2D eigenvalue weighted by molar-refractivity contribution is 0.103. The minimum Gasteiger partial charge on any atom is -0.486 e. The van der Waals surface area contributed by atoms with E-state index in [0.29, 0.717) is 23.9 Å². The summed E-state index contributed by atoms with van der Waals surface area (Å²) < 4.78 is 47.5. The van der Waals surface area contributed by atoms with Gasteiger partial charge in [0, 0.05) is 49.9 Å².